The van der Waals surface area contributed by atoms with Crippen LogP contribution in [0.5, 0.6) is 0 Å². The van der Waals surface area contributed by atoms with E-state index in [1.807, 2.05) is 5.38 Å². The Bertz CT molecular complexity index is 217. The first-order valence-electron chi connectivity index (χ1n) is 3.67. The van der Waals surface area contributed by atoms with E-state index < -0.39 is 5.97 Å². The van der Waals surface area contributed by atoms with Gasteiger partial charge >= 0.3 is 5.97 Å². The number of carboxylic acid groups (broad SMARTS) is 1. The Labute approximate surface area is 84.4 Å². The predicted molar refractivity (Wildman–Crippen MR) is 54.0 cm³/mol. The van der Waals surface area contributed by atoms with Crippen LogP contribution >= 0.6 is 23.1 Å². The van der Waals surface area contributed by atoms with E-state index in [4.69, 9.17) is 5.11 Å². The van der Waals surface area contributed by atoms with Crippen LogP contribution in [-0.2, 0) is 4.79 Å². The molecule has 0 bridgehead atoms. The molecular weight excluding hydrogens is 208 g/mol. The van der Waals surface area contributed by atoms with Crippen molar-refractivity contribution in [2.24, 2.45) is 0 Å². The topological polar surface area (TPSA) is 62.2 Å². The van der Waals surface area contributed by atoms with Crippen LogP contribution in [0.3, 0.4) is 0 Å². The average Bonchev–Trinajstić information content (AvgIpc) is 2.82. The predicted octanol–water partition coefficient (Wildman–Crippen LogP) is 0.877. The first kappa shape index (κ1) is 10.5. The number of nitrogens with one attached hydrogen (secondary N) is 1. The van der Waals surface area contributed by atoms with Crippen molar-refractivity contribution >= 4 is 29.1 Å². The van der Waals surface area contributed by atoms with Gasteiger partial charge in [0.05, 0.1) is 5.51 Å². The second-order valence-corrected chi connectivity index (χ2v) is 4.07. The van der Waals surface area contributed by atoms with Gasteiger partial charge in [0.25, 0.3) is 0 Å². The van der Waals surface area contributed by atoms with E-state index in [9.17, 15) is 4.79 Å². The third kappa shape index (κ3) is 4.25. The van der Waals surface area contributed by atoms with Crippen LogP contribution in [0.15, 0.2) is 17.1 Å². The van der Waals surface area contributed by atoms with Gasteiger partial charge in [-0.2, -0.15) is 0 Å². The Kier molecular flexibility index (Phi) is 4.81. The minimum Gasteiger partial charge on any atom is -0.480 e. The Balaban J connectivity index is 0.000000145. The normalized spacial score (nSPS) is 20.5. The molecule has 0 amide bonds. The fourth-order valence-electron chi connectivity index (χ4n) is 0.730. The zero-order chi connectivity index (χ0) is 9.52. The molecule has 1 fully saturated rings. The van der Waals surface area contributed by atoms with E-state index in [0.717, 1.165) is 5.88 Å². The summed E-state index contributed by atoms with van der Waals surface area (Å²) in [6, 6.07) is -0.306. The molecule has 1 saturated heterocycles. The summed E-state index contributed by atoms with van der Waals surface area (Å²) in [6.07, 6.45) is 1.77. The van der Waals surface area contributed by atoms with Crippen molar-refractivity contribution in [2.75, 3.05) is 11.6 Å². The fraction of sp³-hybridized carbons (Fsp3) is 0.429. The average molecular weight is 218 g/mol. The van der Waals surface area contributed by atoms with Crippen LogP contribution in [0.1, 0.15) is 0 Å². The van der Waals surface area contributed by atoms with E-state index in [2.05, 4.69) is 10.3 Å². The summed E-state index contributed by atoms with van der Waals surface area (Å²) < 4.78 is 0. The van der Waals surface area contributed by atoms with Crippen molar-refractivity contribution < 1.29 is 9.90 Å². The number of hydrogen-bond donors (Lipinski definition) is 2. The van der Waals surface area contributed by atoms with Gasteiger partial charge in [-0.1, -0.05) is 0 Å². The van der Waals surface area contributed by atoms with Crippen molar-refractivity contribution in [1.82, 2.24) is 10.3 Å². The third-order valence-electron chi connectivity index (χ3n) is 1.36. The lowest BCUT2D eigenvalue weighted by Crippen LogP contribution is -2.32. The van der Waals surface area contributed by atoms with Gasteiger partial charge in [-0.3, -0.25) is 15.1 Å². The summed E-state index contributed by atoms with van der Waals surface area (Å²) in [7, 11) is 0. The zero-order valence-electron chi connectivity index (χ0n) is 6.84. The number of hydrogen-bond acceptors (Lipinski definition) is 5. The molecule has 1 aromatic heterocycles. The van der Waals surface area contributed by atoms with Gasteiger partial charge in [0.15, 0.2) is 0 Å². The van der Waals surface area contributed by atoms with Crippen LogP contribution in [0.2, 0.25) is 0 Å². The number of carbonyl (C=O) groups is 1. The highest BCUT2D eigenvalue weighted by Gasteiger charge is 2.20. The molecule has 0 aliphatic carbocycles. The maximum Gasteiger partial charge on any atom is 0.321 e. The fourth-order valence-corrected chi connectivity index (χ4v) is 2.01. The summed E-state index contributed by atoms with van der Waals surface area (Å²) in [5.41, 5.74) is 1.79. The molecule has 1 aliphatic rings. The van der Waals surface area contributed by atoms with Gasteiger partial charge in [0.2, 0.25) is 0 Å². The monoisotopic (exact) mass is 218 g/mol. The van der Waals surface area contributed by atoms with Crippen molar-refractivity contribution in [2.45, 2.75) is 6.04 Å². The molecule has 1 aromatic rings. The number of rotatable bonds is 1. The molecule has 1 aliphatic heterocycles. The Morgan fingerprint density at radius 2 is 2.54 bits per heavy atom. The van der Waals surface area contributed by atoms with Gasteiger partial charge < -0.3 is 5.11 Å². The summed E-state index contributed by atoms with van der Waals surface area (Å²) in [4.78, 5) is 13.9. The Hall–Kier alpha value is -0.590. The lowest BCUT2D eigenvalue weighted by atomic mass is 10.4. The van der Waals surface area contributed by atoms with E-state index in [0.29, 0.717) is 5.75 Å². The SMILES string of the molecule is O=C(O)C1CSCN1.c1cscn1. The van der Waals surface area contributed by atoms with Crippen LogP contribution in [-0.4, -0.2) is 33.7 Å². The van der Waals surface area contributed by atoms with E-state index in [1.165, 1.54) is 0 Å². The summed E-state index contributed by atoms with van der Waals surface area (Å²) in [6.45, 7) is 0. The highest BCUT2D eigenvalue weighted by molar-refractivity contribution is 7.99. The van der Waals surface area contributed by atoms with Crippen LogP contribution in [0, 0.1) is 0 Å². The summed E-state index contributed by atoms with van der Waals surface area (Å²) in [5.74, 6) is 0.738. The van der Waals surface area contributed by atoms with E-state index in [-0.39, 0.29) is 6.04 Å². The number of thiazole rings is 1. The molecule has 72 valence electrons. The number of nitrogens with zero attached hydrogens (tertiary/aromatic N) is 1. The molecule has 13 heavy (non-hydrogen) atoms. The van der Waals surface area contributed by atoms with Gasteiger partial charge in [-0.25, -0.2) is 0 Å². The van der Waals surface area contributed by atoms with E-state index in [1.54, 1.807) is 34.8 Å². The maximum absolute atomic E-state index is 10.1. The minimum absolute atomic E-state index is 0.306. The van der Waals surface area contributed by atoms with Crippen molar-refractivity contribution in [1.29, 1.82) is 0 Å². The van der Waals surface area contributed by atoms with Crippen molar-refractivity contribution in [3.8, 4) is 0 Å². The molecule has 2 rings (SSSR count). The highest BCUT2D eigenvalue weighted by atomic mass is 32.2. The van der Waals surface area contributed by atoms with Crippen LogP contribution in [0.4, 0.5) is 0 Å². The zero-order valence-corrected chi connectivity index (χ0v) is 8.48. The number of aromatic nitrogens is 1. The van der Waals surface area contributed by atoms with E-state index >= 15 is 0 Å². The van der Waals surface area contributed by atoms with Crippen molar-refractivity contribution in [3.63, 3.8) is 0 Å². The Morgan fingerprint density at radius 3 is 2.77 bits per heavy atom. The summed E-state index contributed by atoms with van der Waals surface area (Å²) >= 11 is 3.22. The molecule has 1 unspecified atom stereocenters. The molecule has 2 N–H and O–H groups in total. The highest BCUT2D eigenvalue weighted by Crippen LogP contribution is 2.08. The molecular formula is C7H10N2O2S2. The van der Waals surface area contributed by atoms with Gasteiger partial charge in [0, 0.05) is 23.2 Å². The molecule has 0 spiro atoms. The van der Waals surface area contributed by atoms with Gasteiger partial charge in [-0.15, -0.1) is 23.1 Å². The molecule has 2 heterocycles. The number of carboxylic acids is 1. The quantitative estimate of drug-likeness (QED) is 0.732. The molecule has 0 radical (unpaired) electrons. The molecule has 0 saturated carbocycles. The van der Waals surface area contributed by atoms with Crippen LogP contribution < -0.4 is 5.32 Å². The smallest absolute Gasteiger partial charge is 0.321 e. The second-order valence-electron chi connectivity index (χ2n) is 2.29. The van der Waals surface area contributed by atoms with Crippen LogP contribution in [0.25, 0.3) is 0 Å². The minimum atomic E-state index is -0.741. The molecule has 4 nitrogen and oxygen atoms in total. The molecule has 6 heteroatoms. The van der Waals surface area contributed by atoms with Gasteiger partial charge in [0.1, 0.15) is 6.04 Å². The first-order valence-corrected chi connectivity index (χ1v) is 5.76. The third-order valence-corrected chi connectivity index (χ3v) is 2.82. The standard InChI is InChI=1S/C4H7NO2S.C3H3NS/c6-4(7)3-1-8-2-5-3;1-2-5-3-4-1/h3,5H,1-2H2,(H,6,7);1-3H. The Morgan fingerprint density at radius 1 is 1.69 bits per heavy atom. The lowest BCUT2D eigenvalue weighted by molar-refractivity contribution is -0.138. The second kappa shape index (κ2) is 5.95. The maximum atomic E-state index is 10.1. The van der Waals surface area contributed by atoms with Crippen molar-refractivity contribution in [3.05, 3.63) is 17.1 Å². The molecule has 0 aromatic carbocycles. The first-order chi connectivity index (χ1) is 6.30. The van der Waals surface area contributed by atoms with Gasteiger partial charge in [-0.05, 0) is 0 Å². The summed E-state index contributed by atoms with van der Waals surface area (Å²) in [5, 5.41) is 13.1. The lowest BCUT2D eigenvalue weighted by Gasteiger charge is -1.98. The molecule has 1 atom stereocenters. The largest absolute Gasteiger partial charge is 0.480 e. The number of aliphatic carboxylic acids is 1. The number of thioether (sulfide) groups is 1.